The van der Waals surface area contributed by atoms with Crippen molar-refractivity contribution in [2.45, 2.75) is 249 Å². The van der Waals surface area contributed by atoms with Crippen molar-refractivity contribution in [1.29, 1.82) is 0 Å². The summed E-state index contributed by atoms with van der Waals surface area (Å²) in [5.74, 6) is -1.10. The van der Waals surface area contributed by atoms with E-state index in [1.807, 2.05) is 6.08 Å². The molecule has 358 valence electrons. The number of hydrogen-bond donors (Lipinski definition) is 6. The number of aliphatic hydroxyl groups excluding tert-OH is 5. The van der Waals surface area contributed by atoms with Crippen LogP contribution in [0.2, 0.25) is 0 Å². The molecule has 0 aromatic heterocycles. The maximum atomic E-state index is 12.8. The summed E-state index contributed by atoms with van der Waals surface area (Å²) in [4.78, 5) is 35.7. The van der Waals surface area contributed by atoms with Crippen LogP contribution in [0.1, 0.15) is 206 Å². The lowest BCUT2D eigenvalue weighted by Gasteiger charge is -2.41. The van der Waals surface area contributed by atoms with Gasteiger partial charge in [-0.2, -0.15) is 0 Å². The van der Waals surface area contributed by atoms with Crippen LogP contribution < -0.4 is 0 Å². The maximum Gasteiger partial charge on any atom is 0.472 e. The molecule has 1 aliphatic rings. The third kappa shape index (κ3) is 30.2. The predicted molar refractivity (Wildman–Crippen MR) is 240 cm³/mol. The first kappa shape index (κ1) is 57.3. The fourth-order valence-corrected chi connectivity index (χ4v) is 8.47. The van der Waals surface area contributed by atoms with E-state index >= 15 is 0 Å². The number of aliphatic hydroxyl groups is 5. The summed E-state index contributed by atoms with van der Waals surface area (Å²) < 4.78 is 33.6. The van der Waals surface area contributed by atoms with Crippen molar-refractivity contribution in [1.82, 2.24) is 0 Å². The lowest BCUT2D eigenvalue weighted by Crippen LogP contribution is -2.64. The zero-order chi connectivity index (χ0) is 45.0. The molecule has 1 fully saturated rings. The Kier molecular flexibility index (Phi) is 35.4. The van der Waals surface area contributed by atoms with Gasteiger partial charge in [-0.3, -0.25) is 18.6 Å². The molecule has 0 spiro atoms. The molecular weight excluding hydrogens is 803 g/mol. The van der Waals surface area contributed by atoms with E-state index in [0.29, 0.717) is 12.8 Å². The molecule has 0 bridgehead atoms. The highest BCUT2D eigenvalue weighted by Gasteiger charge is 2.51. The average molecular weight is 891 g/mol. The molecule has 1 rings (SSSR count). The quantitative estimate of drug-likeness (QED) is 0.0146. The normalized spacial score (nSPS) is 22.0. The van der Waals surface area contributed by atoms with Crippen molar-refractivity contribution in [2.24, 2.45) is 0 Å². The number of carbonyl (C=O) groups is 2. The zero-order valence-electron chi connectivity index (χ0n) is 37.8. The van der Waals surface area contributed by atoms with Gasteiger partial charge in [-0.25, -0.2) is 4.57 Å². The van der Waals surface area contributed by atoms with Gasteiger partial charge in [0.25, 0.3) is 0 Å². The van der Waals surface area contributed by atoms with E-state index in [9.17, 15) is 44.6 Å². The molecule has 61 heavy (non-hydrogen) atoms. The Morgan fingerprint density at radius 3 is 1.36 bits per heavy atom. The Hall–Kier alpha value is -1.67. The van der Waals surface area contributed by atoms with E-state index in [0.717, 1.165) is 57.8 Å². The van der Waals surface area contributed by atoms with Crippen LogP contribution in [0.3, 0.4) is 0 Å². The van der Waals surface area contributed by atoms with Crippen LogP contribution in [0.15, 0.2) is 24.8 Å². The average Bonchev–Trinajstić information content (AvgIpc) is 3.24. The highest BCUT2D eigenvalue weighted by molar-refractivity contribution is 7.47. The number of ether oxygens (including phenoxy) is 2. The lowest BCUT2D eigenvalue weighted by atomic mass is 9.85. The standard InChI is InChI=1S/C47H87O13P/c1-3-5-7-9-11-13-15-17-19-20-22-24-26-28-30-32-34-36-41(49)59-39(38-58-61(55,56)60-47-45(53)43(51)42(50)44(52)46(47)54)37-57-40(48)35-33-31-29-27-25-23-21-18-16-14-12-10-8-6-4-2/h4,17,19,39,42-47,50-54H,2-3,5-16,18,20-38H2,1H3,(H,55,56)/b19-17+/t39-,42?,43+,44?,45?,46?,47?/m1/s1. The van der Waals surface area contributed by atoms with Crippen molar-refractivity contribution in [3.05, 3.63) is 24.8 Å². The smallest absolute Gasteiger partial charge is 0.462 e. The van der Waals surface area contributed by atoms with E-state index in [2.05, 4.69) is 25.7 Å². The number of phosphoric ester groups is 1. The second-order valence-electron chi connectivity index (χ2n) is 17.0. The van der Waals surface area contributed by atoms with Crippen LogP contribution >= 0.6 is 7.82 Å². The second kappa shape index (κ2) is 37.7. The molecule has 0 heterocycles. The van der Waals surface area contributed by atoms with Crippen molar-refractivity contribution in [2.75, 3.05) is 13.2 Å². The van der Waals surface area contributed by atoms with Gasteiger partial charge in [-0.05, 0) is 51.4 Å². The summed E-state index contributed by atoms with van der Waals surface area (Å²) in [7, 11) is -5.12. The number of carbonyl (C=O) groups excluding carboxylic acids is 2. The molecule has 6 unspecified atom stereocenters. The summed E-state index contributed by atoms with van der Waals surface area (Å²) in [6.07, 6.45) is 26.9. The van der Waals surface area contributed by atoms with Crippen LogP contribution in [0.5, 0.6) is 0 Å². The first-order valence-electron chi connectivity index (χ1n) is 24.1. The van der Waals surface area contributed by atoms with Gasteiger partial charge in [-0.15, -0.1) is 6.58 Å². The highest BCUT2D eigenvalue weighted by atomic mass is 31.2. The molecule has 0 aromatic carbocycles. The molecule has 6 N–H and O–H groups in total. The van der Waals surface area contributed by atoms with E-state index in [1.165, 1.54) is 116 Å². The fourth-order valence-electron chi connectivity index (χ4n) is 7.50. The zero-order valence-corrected chi connectivity index (χ0v) is 38.7. The van der Waals surface area contributed by atoms with Crippen LogP contribution in [-0.4, -0.2) is 98.3 Å². The summed E-state index contributed by atoms with van der Waals surface area (Å²) in [6, 6.07) is 0. The van der Waals surface area contributed by atoms with Crippen molar-refractivity contribution >= 4 is 19.8 Å². The molecule has 0 aromatic rings. The van der Waals surface area contributed by atoms with Crippen LogP contribution in [0.4, 0.5) is 0 Å². The van der Waals surface area contributed by atoms with Crippen molar-refractivity contribution in [3.8, 4) is 0 Å². The summed E-state index contributed by atoms with van der Waals surface area (Å²) in [5.41, 5.74) is 0. The van der Waals surface area contributed by atoms with Gasteiger partial charge in [0.2, 0.25) is 0 Å². The Morgan fingerprint density at radius 2 is 0.918 bits per heavy atom. The van der Waals surface area contributed by atoms with Gasteiger partial charge in [0.05, 0.1) is 6.61 Å². The van der Waals surface area contributed by atoms with Gasteiger partial charge >= 0.3 is 19.8 Å². The number of esters is 2. The molecule has 1 saturated carbocycles. The molecule has 13 nitrogen and oxygen atoms in total. The molecule has 1 aliphatic carbocycles. The number of hydrogen-bond acceptors (Lipinski definition) is 12. The number of allylic oxidation sites excluding steroid dienone is 3. The van der Waals surface area contributed by atoms with E-state index < -0.39 is 75.7 Å². The fraction of sp³-hybridized carbons (Fsp3) is 0.872. The van der Waals surface area contributed by atoms with Gasteiger partial charge in [0.1, 0.15) is 43.2 Å². The molecule has 8 atom stereocenters. The SMILES string of the molecule is C=CCCCCCCCCCCCCCCCC(=O)OC[C@H](COP(=O)(O)OC1C(O)C(O)C(O)[C@H](O)C1O)OC(=O)CCCCCCCCC/C=C/CCCCCCCC. The van der Waals surface area contributed by atoms with Gasteiger partial charge < -0.3 is 39.9 Å². The third-order valence-corrected chi connectivity index (χ3v) is 12.4. The second-order valence-corrected chi connectivity index (χ2v) is 18.5. The minimum atomic E-state index is -5.12. The van der Waals surface area contributed by atoms with Crippen molar-refractivity contribution < 1.29 is 63.1 Å². The molecule has 0 radical (unpaired) electrons. The predicted octanol–water partition coefficient (Wildman–Crippen LogP) is 9.62. The largest absolute Gasteiger partial charge is 0.472 e. The van der Waals surface area contributed by atoms with Crippen LogP contribution in [0, 0.1) is 0 Å². The van der Waals surface area contributed by atoms with Gasteiger partial charge in [0.15, 0.2) is 6.10 Å². The molecule has 0 amide bonds. The first-order valence-corrected chi connectivity index (χ1v) is 25.6. The number of phosphoric acid groups is 1. The highest BCUT2D eigenvalue weighted by Crippen LogP contribution is 2.47. The minimum absolute atomic E-state index is 0.0934. The summed E-state index contributed by atoms with van der Waals surface area (Å²) >= 11 is 0. The number of unbranched alkanes of at least 4 members (excludes halogenated alkanes) is 26. The summed E-state index contributed by atoms with van der Waals surface area (Å²) in [5, 5.41) is 50.2. The lowest BCUT2D eigenvalue weighted by molar-refractivity contribution is -0.220. The van der Waals surface area contributed by atoms with E-state index in [-0.39, 0.29) is 12.8 Å². The third-order valence-electron chi connectivity index (χ3n) is 11.4. The van der Waals surface area contributed by atoms with Gasteiger partial charge in [-0.1, -0.05) is 160 Å². The first-order chi connectivity index (χ1) is 29.4. The van der Waals surface area contributed by atoms with Crippen LogP contribution in [0.25, 0.3) is 0 Å². The summed E-state index contributed by atoms with van der Waals surface area (Å²) in [6.45, 7) is 4.83. The monoisotopic (exact) mass is 891 g/mol. The minimum Gasteiger partial charge on any atom is -0.462 e. The number of rotatable bonds is 41. The topological polar surface area (TPSA) is 210 Å². The molecular formula is C47H87O13P. The van der Waals surface area contributed by atoms with Crippen molar-refractivity contribution in [3.63, 3.8) is 0 Å². The Morgan fingerprint density at radius 1 is 0.541 bits per heavy atom. The Bertz CT molecular complexity index is 1150. The molecule has 0 aliphatic heterocycles. The Balaban J connectivity index is 2.43. The Labute approximate surface area is 368 Å². The van der Waals surface area contributed by atoms with E-state index in [4.69, 9.17) is 18.5 Å². The van der Waals surface area contributed by atoms with Crippen LogP contribution in [-0.2, 0) is 32.7 Å². The van der Waals surface area contributed by atoms with E-state index in [1.54, 1.807) is 0 Å². The maximum absolute atomic E-state index is 12.8. The van der Waals surface area contributed by atoms with Gasteiger partial charge in [0, 0.05) is 12.8 Å². The molecule has 14 heteroatoms. The molecule has 0 saturated heterocycles.